The van der Waals surface area contributed by atoms with Gasteiger partial charge in [-0.05, 0) is 29.3 Å². The van der Waals surface area contributed by atoms with Crippen molar-refractivity contribution in [2.24, 2.45) is 7.05 Å². The molecular formula is C23H23N3O6. The third-order valence-electron chi connectivity index (χ3n) is 4.88. The highest BCUT2D eigenvalue weighted by Crippen LogP contribution is 2.32. The molecule has 0 aliphatic rings. The molecule has 4 N–H and O–H groups in total. The highest BCUT2D eigenvalue weighted by atomic mass is 16.5. The van der Waals surface area contributed by atoms with E-state index < -0.39 is 35.8 Å². The number of carboxylic acid groups (broad SMARTS) is 1. The van der Waals surface area contributed by atoms with Gasteiger partial charge >= 0.3 is 12.0 Å². The van der Waals surface area contributed by atoms with Crippen LogP contribution in [0.15, 0.2) is 65.6 Å². The summed E-state index contributed by atoms with van der Waals surface area (Å²) in [5.41, 5.74) is 1.25. The van der Waals surface area contributed by atoms with Crippen LogP contribution in [0.1, 0.15) is 18.0 Å². The van der Waals surface area contributed by atoms with Crippen molar-refractivity contribution in [1.29, 1.82) is 0 Å². The molecule has 0 aliphatic heterocycles. The molecule has 0 unspecified atom stereocenters. The quantitative estimate of drug-likeness (QED) is 0.449. The number of pyridine rings is 1. The molecule has 2 amide bonds. The second kappa shape index (κ2) is 9.69. The summed E-state index contributed by atoms with van der Waals surface area (Å²) in [6.45, 7) is 0. The van der Waals surface area contributed by atoms with Gasteiger partial charge in [0.05, 0.1) is 19.6 Å². The van der Waals surface area contributed by atoms with Gasteiger partial charge in [-0.1, -0.05) is 36.4 Å². The van der Waals surface area contributed by atoms with Gasteiger partial charge in [0, 0.05) is 18.8 Å². The third kappa shape index (κ3) is 5.07. The first-order chi connectivity index (χ1) is 15.3. The maximum Gasteiger partial charge on any atom is 0.319 e. The molecule has 166 valence electrons. The Balaban J connectivity index is 1.95. The van der Waals surface area contributed by atoms with E-state index in [0.29, 0.717) is 11.3 Å². The van der Waals surface area contributed by atoms with Crippen LogP contribution in [-0.2, 0) is 11.8 Å². The Morgan fingerprint density at radius 3 is 2.47 bits per heavy atom. The van der Waals surface area contributed by atoms with Gasteiger partial charge in [-0.25, -0.2) is 4.79 Å². The zero-order chi connectivity index (χ0) is 23.3. The minimum Gasteiger partial charge on any atom is -0.505 e. The Labute approximate surface area is 183 Å². The van der Waals surface area contributed by atoms with E-state index in [4.69, 9.17) is 4.74 Å². The first-order valence-corrected chi connectivity index (χ1v) is 9.71. The van der Waals surface area contributed by atoms with Crippen molar-refractivity contribution in [3.05, 3.63) is 76.7 Å². The first kappa shape index (κ1) is 22.4. The maximum atomic E-state index is 12.6. The Kier molecular flexibility index (Phi) is 6.79. The number of hydrogen-bond acceptors (Lipinski definition) is 5. The molecule has 2 aromatic carbocycles. The predicted octanol–water partition coefficient (Wildman–Crippen LogP) is 3.10. The summed E-state index contributed by atoms with van der Waals surface area (Å²) in [5, 5.41) is 24.2. The van der Waals surface area contributed by atoms with Crippen LogP contribution in [0.2, 0.25) is 0 Å². The van der Waals surface area contributed by atoms with Crippen LogP contribution in [0.4, 0.5) is 10.5 Å². The zero-order valence-corrected chi connectivity index (χ0v) is 17.5. The van der Waals surface area contributed by atoms with E-state index in [0.717, 1.165) is 11.1 Å². The number of urea groups is 1. The minimum absolute atomic E-state index is 0.313. The number of aryl methyl sites for hydroxylation is 1. The van der Waals surface area contributed by atoms with Crippen molar-refractivity contribution in [3.8, 4) is 22.6 Å². The number of hydrogen-bond donors (Lipinski definition) is 4. The van der Waals surface area contributed by atoms with Gasteiger partial charge in [0.25, 0.3) is 5.56 Å². The highest BCUT2D eigenvalue weighted by Gasteiger charge is 2.23. The van der Waals surface area contributed by atoms with Crippen LogP contribution in [0.5, 0.6) is 11.5 Å². The fourth-order valence-electron chi connectivity index (χ4n) is 3.27. The first-order valence-electron chi connectivity index (χ1n) is 9.71. The van der Waals surface area contributed by atoms with Gasteiger partial charge in [-0.3, -0.25) is 9.59 Å². The number of carbonyl (C=O) groups is 2. The van der Waals surface area contributed by atoms with Crippen LogP contribution >= 0.6 is 0 Å². The van der Waals surface area contributed by atoms with Crippen molar-refractivity contribution in [2.45, 2.75) is 12.5 Å². The monoisotopic (exact) mass is 437 g/mol. The largest absolute Gasteiger partial charge is 0.505 e. The summed E-state index contributed by atoms with van der Waals surface area (Å²) >= 11 is 0. The topological polar surface area (TPSA) is 130 Å². The van der Waals surface area contributed by atoms with Gasteiger partial charge in [-0.15, -0.1) is 0 Å². The Bertz CT molecular complexity index is 1190. The number of aromatic hydroxyl groups is 1. The highest BCUT2D eigenvalue weighted by molar-refractivity contribution is 5.91. The number of anilines is 1. The molecule has 32 heavy (non-hydrogen) atoms. The normalized spacial score (nSPS) is 11.4. The number of amides is 2. The van der Waals surface area contributed by atoms with E-state index in [9.17, 15) is 24.6 Å². The molecule has 0 bridgehead atoms. The van der Waals surface area contributed by atoms with E-state index in [1.54, 1.807) is 12.1 Å². The SMILES string of the molecule is COc1ccc(-c2ccccc2)cc1[C@H](CC(=O)O)NC(=O)Nc1c(O)ccn(C)c1=O. The summed E-state index contributed by atoms with van der Waals surface area (Å²) < 4.78 is 6.59. The van der Waals surface area contributed by atoms with Crippen LogP contribution < -0.4 is 20.9 Å². The fraction of sp³-hybridized carbons (Fsp3) is 0.174. The van der Waals surface area contributed by atoms with E-state index in [1.165, 1.54) is 31.0 Å². The van der Waals surface area contributed by atoms with E-state index in [-0.39, 0.29) is 5.69 Å². The summed E-state index contributed by atoms with van der Waals surface area (Å²) in [4.78, 5) is 36.4. The van der Waals surface area contributed by atoms with Crippen molar-refractivity contribution in [1.82, 2.24) is 9.88 Å². The lowest BCUT2D eigenvalue weighted by atomic mass is 9.97. The van der Waals surface area contributed by atoms with Crippen molar-refractivity contribution >= 4 is 17.7 Å². The van der Waals surface area contributed by atoms with Crippen LogP contribution in [0, 0.1) is 0 Å². The number of benzene rings is 2. The molecule has 0 spiro atoms. The van der Waals surface area contributed by atoms with E-state index in [2.05, 4.69) is 10.6 Å². The Hall–Kier alpha value is -4.27. The standard InChI is InChI=1S/C23H23N3O6/c1-26-11-10-18(27)21(22(26)30)25-23(31)24-17(13-20(28)29)16-12-15(8-9-19(16)32-2)14-6-4-3-5-7-14/h3-12,17,27H,13H2,1-2H3,(H,28,29)(H2,24,25,31)/t17-/m0/s1. The number of methoxy groups -OCH3 is 1. The molecule has 0 fully saturated rings. The van der Waals surface area contributed by atoms with Crippen molar-refractivity contribution in [3.63, 3.8) is 0 Å². The van der Waals surface area contributed by atoms with Gasteiger partial charge in [-0.2, -0.15) is 0 Å². The molecule has 3 aromatic rings. The van der Waals surface area contributed by atoms with E-state index in [1.807, 2.05) is 36.4 Å². The molecule has 0 radical (unpaired) electrons. The fourth-order valence-corrected chi connectivity index (χ4v) is 3.27. The van der Waals surface area contributed by atoms with Gasteiger partial charge in [0.15, 0.2) is 5.69 Å². The number of nitrogens with zero attached hydrogens (tertiary/aromatic N) is 1. The Morgan fingerprint density at radius 1 is 1.09 bits per heavy atom. The zero-order valence-electron chi connectivity index (χ0n) is 17.5. The number of aromatic nitrogens is 1. The van der Waals surface area contributed by atoms with Crippen LogP contribution in [0.3, 0.4) is 0 Å². The summed E-state index contributed by atoms with van der Waals surface area (Å²) in [6.07, 6.45) is 0.925. The van der Waals surface area contributed by atoms with Crippen molar-refractivity contribution in [2.75, 3.05) is 12.4 Å². The molecule has 3 rings (SSSR count). The van der Waals surface area contributed by atoms with Crippen LogP contribution in [0.25, 0.3) is 11.1 Å². The molecule has 1 aromatic heterocycles. The molecule has 0 saturated heterocycles. The van der Waals surface area contributed by atoms with Gasteiger partial charge in [0.1, 0.15) is 11.5 Å². The number of rotatable bonds is 7. The number of aliphatic carboxylic acids is 1. The smallest absolute Gasteiger partial charge is 0.319 e. The lowest BCUT2D eigenvalue weighted by Gasteiger charge is -2.21. The predicted molar refractivity (Wildman–Crippen MR) is 119 cm³/mol. The average Bonchev–Trinajstić information content (AvgIpc) is 2.78. The molecule has 0 saturated carbocycles. The minimum atomic E-state index is -1.14. The molecule has 9 nitrogen and oxygen atoms in total. The molecule has 1 heterocycles. The van der Waals surface area contributed by atoms with E-state index >= 15 is 0 Å². The second-order valence-corrected chi connectivity index (χ2v) is 7.06. The lowest BCUT2D eigenvalue weighted by molar-refractivity contribution is -0.137. The molecule has 9 heteroatoms. The third-order valence-corrected chi connectivity index (χ3v) is 4.88. The number of nitrogens with one attached hydrogen (secondary N) is 2. The maximum absolute atomic E-state index is 12.6. The molecule has 0 aliphatic carbocycles. The molecule has 1 atom stereocenters. The Morgan fingerprint density at radius 2 is 1.81 bits per heavy atom. The second-order valence-electron chi connectivity index (χ2n) is 7.06. The summed E-state index contributed by atoms with van der Waals surface area (Å²) in [5.74, 6) is -1.14. The average molecular weight is 437 g/mol. The molecular weight excluding hydrogens is 414 g/mol. The lowest BCUT2D eigenvalue weighted by Crippen LogP contribution is -2.36. The summed E-state index contributed by atoms with van der Waals surface area (Å²) in [6, 6.07) is 14.2. The van der Waals surface area contributed by atoms with Gasteiger partial charge < -0.3 is 30.2 Å². The number of ether oxygens (including phenoxy) is 1. The van der Waals surface area contributed by atoms with Crippen LogP contribution in [-0.4, -0.2) is 33.9 Å². The van der Waals surface area contributed by atoms with Gasteiger partial charge in [0.2, 0.25) is 0 Å². The number of carbonyl (C=O) groups excluding carboxylic acids is 1. The number of carboxylic acids is 1. The summed E-state index contributed by atoms with van der Waals surface area (Å²) in [7, 11) is 2.92. The van der Waals surface area contributed by atoms with Crippen molar-refractivity contribution < 1.29 is 24.5 Å².